The van der Waals surface area contributed by atoms with Crippen LogP contribution in [0.15, 0.2) is 6.20 Å². The molecule has 122 valence electrons. The van der Waals surface area contributed by atoms with Crippen molar-refractivity contribution in [2.24, 2.45) is 0 Å². The highest BCUT2D eigenvalue weighted by atomic mass is 35.5. The summed E-state index contributed by atoms with van der Waals surface area (Å²) in [5, 5.41) is 7.61. The molecule has 0 aliphatic rings. The Morgan fingerprint density at radius 3 is 2.71 bits per heavy atom. The van der Waals surface area contributed by atoms with Gasteiger partial charge in [0.05, 0.1) is 36.1 Å². The molecule has 0 fully saturated rings. The smallest absolute Gasteiger partial charge is 0.383 e. The van der Waals surface area contributed by atoms with Crippen LogP contribution in [0.4, 0.5) is 13.2 Å². The second-order valence-corrected chi connectivity index (χ2v) is 4.80. The lowest BCUT2D eigenvalue weighted by Crippen LogP contribution is -2.24. The fourth-order valence-corrected chi connectivity index (χ4v) is 2.15. The molecular weight excluding hydrogens is 311 g/mol. The summed E-state index contributed by atoms with van der Waals surface area (Å²) in [6.07, 6.45) is -2.45. The quantitative estimate of drug-likeness (QED) is 0.707. The van der Waals surface area contributed by atoms with Gasteiger partial charge in [0.15, 0.2) is 0 Å². The minimum absolute atomic E-state index is 0.0309. The van der Waals surface area contributed by atoms with Crippen molar-refractivity contribution in [3.05, 3.63) is 16.9 Å². The molecule has 1 rings (SSSR count). The van der Waals surface area contributed by atoms with Crippen molar-refractivity contribution in [3.8, 4) is 0 Å². The molecule has 0 saturated carbocycles. The molecule has 0 radical (unpaired) electrons. The first-order valence-corrected chi connectivity index (χ1v) is 6.78. The standard InChI is InChI=1S/C12H19ClF3N3O2/c1-17-10(3-5-21-8-12(14,15)16)11-9(13)7-18-19(11)4-6-20-2/h7,10,17H,3-6,8H2,1-2H3. The third kappa shape index (κ3) is 6.21. The molecule has 9 heteroatoms. The van der Waals surface area contributed by atoms with Crippen LogP contribution in [0.2, 0.25) is 5.02 Å². The number of rotatable bonds is 9. The summed E-state index contributed by atoms with van der Waals surface area (Å²) < 4.78 is 47.3. The Kier molecular flexibility index (Phi) is 7.44. The van der Waals surface area contributed by atoms with Gasteiger partial charge in [0, 0.05) is 13.7 Å². The highest BCUT2D eigenvalue weighted by Gasteiger charge is 2.27. The van der Waals surface area contributed by atoms with Gasteiger partial charge >= 0.3 is 6.18 Å². The molecular formula is C12H19ClF3N3O2. The number of alkyl halides is 3. The van der Waals surface area contributed by atoms with Crippen molar-refractivity contribution < 1.29 is 22.6 Å². The zero-order valence-corrected chi connectivity index (χ0v) is 12.7. The third-order valence-corrected chi connectivity index (χ3v) is 3.13. The second-order valence-electron chi connectivity index (χ2n) is 4.39. The van der Waals surface area contributed by atoms with Crippen LogP contribution in [-0.4, -0.2) is 49.9 Å². The van der Waals surface area contributed by atoms with E-state index in [1.54, 1.807) is 18.8 Å². The Morgan fingerprint density at radius 2 is 2.14 bits per heavy atom. The van der Waals surface area contributed by atoms with Crippen molar-refractivity contribution in [1.82, 2.24) is 15.1 Å². The Bertz CT molecular complexity index is 426. The number of halogens is 4. The number of hydrogen-bond acceptors (Lipinski definition) is 4. The van der Waals surface area contributed by atoms with E-state index in [0.29, 0.717) is 30.3 Å². The minimum Gasteiger partial charge on any atom is -0.383 e. The summed E-state index contributed by atoms with van der Waals surface area (Å²) in [6, 6.07) is -0.245. The molecule has 0 aliphatic carbocycles. The molecule has 0 aromatic carbocycles. The minimum atomic E-state index is -4.31. The summed E-state index contributed by atoms with van der Waals surface area (Å²) in [6.45, 7) is -0.303. The van der Waals surface area contributed by atoms with Gasteiger partial charge in [-0.2, -0.15) is 18.3 Å². The Hall–Kier alpha value is -0.830. The molecule has 21 heavy (non-hydrogen) atoms. The highest BCUT2D eigenvalue weighted by Crippen LogP contribution is 2.25. The fraction of sp³-hybridized carbons (Fsp3) is 0.750. The van der Waals surface area contributed by atoms with E-state index < -0.39 is 12.8 Å². The van der Waals surface area contributed by atoms with Crippen molar-refractivity contribution in [2.45, 2.75) is 25.2 Å². The van der Waals surface area contributed by atoms with E-state index in [1.807, 2.05) is 0 Å². The molecule has 1 atom stereocenters. The average molecular weight is 330 g/mol. The SMILES string of the molecule is CNC(CCOCC(F)(F)F)c1c(Cl)cnn1CCOC. The Morgan fingerprint density at radius 1 is 1.43 bits per heavy atom. The lowest BCUT2D eigenvalue weighted by Gasteiger charge is -2.19. The topological polar surface area (TPSA) is 48.3 Å². The molecule has 1 aromatic heterocycles. The maximum absolute atomic E-state index is 12.0. The monoisotopic (exact) mass is 329 g/mol. The summed E-state index contributed by atoms with van der Waals surface area (Å²) in [4.78, 5) is 0. The first-order valence-electron chi connectivity index (χ1n) is 6.41. The highest BCUT2D eigenvalue weighted by molar-refractivity contribution is 6.31. The first-order chi connectivity index (χ1) is 9.89. The van der Waals surface area contributed by atoms with E-state index in [1.165, 1.54) is 6.20 Å². The molecule has 1 N–H and O–H groups in total. The maximum atomic E-state index is 12.0. The number of nitrogens with zero attached hydrogens (tertiary/aromatic N) is 2. The van der Waals surface area contributed by atoms with Crippen LogP contribution in [0, 0.1) is 0 Å². The van der Waals surface area contributed by atoms with Crippen LogP contribution in [-0.2, 0) is 16.0 Å². The number of ether oxygens (including phenoxy) is 2. The molecule has 1 heterocycles. The van der Waals surface area contributed by atoms with Gasteiger partial charge in [0.25, 0.3) is 0 Å². The zero-order valence-electron chi connectivity index (χ0n) is 11.9. The van der Waals surface area contributed by atoms with Crippen LogP contribution in [0.25, 0.3) is 0 Å². The van der Waals surface area contributed by atoms with Gasteiger partial charge < -0.3 is 14.8 Å². The number of hydrogen-bond donors (Lipinski definition) is 1. The second kappa shape index (κ2) is 8.57. The normalized spacial score (nSPS) is 13.6. The number of methoxy groups -OCH3 is 1. The first kappa shape index (κ1) is 18.2. The van der Waals surface area contributed by atoms with Crippen LogP contribution >= 0.6 is 11.6 Å². The molecule has 0 saturated heterocycles. The molecule has 1 aromatic rings. The van der Waals surface area contributed by atoms with Gasteiger partial charge in [-0.25, -0.2) is 0 Å². The summed E-state index contributed by atoms with van der Waals surface area (Å²) >= 11 is 6.10. The van der Waals surface area contributed by atoms with Crippen molar-refractivity contribution in [3.63, 3.8) is 0 Å². The van der Waals surface area contributed by atoms with E-state index in [9.17, 15) is 13.2 Å². The molecule has 0 bridgehead atoms. The lowest BCUT2D eigenvalue weighted by molar-refractivity contribution is -0.174. The summed E-state index contributed by atoms with van der Waals surface area (Å²) in [5.41, 5.74) is 0.715. The van der Waals surface area contributed by atoms with Gasteiger partial charge in [-0.3, -0.25) is 4.68 Å². The lowest BCUT2D eigenvalue weighted by atomic mass is 10.1. The van der Waals surface area contributed by atoms with Crippen molar-refractivity contribution >= 4 is 11.6 Å². The van der Waals surface area contributed by atoms with Crippen LogP contribution in [0.3, 0.4) is 0 Å². The Labute approximate surface area is 126 Å². The maximum Gasteiger partial charge on any atom is 0.411 e. The molecule has 0 spiro atoms. The molecule has 0 aliphatic heterocycles. The fourth-order valence-electron chi connectivity index (χ4n) is 1.88. The Balaban J connectivity index is 2.61. The average Bonchev–Trinajstić information content (AvgIpc) is 2.77. The van der Waals surface area contributed by atoms with Gasteiger partial charge in [-0.15, -0.1) is 0 Å². The van der Waals surface area contributed by atoms with E-state index in [-0.39, 0.29) is 12.6 Å². The van der Waals surface area contributed by atoms with Gasteiger partial charge in [0.2, 0.25) is 0 Å². The van der Waals surface area contributed by atoms with Crippen molar-refractivity contribution in [2.75, 3.05) is 34.0 Å². The molecule has 0 amide bonds. The van der Waals surface area contributed by atoms with Crippen LogP contribution in [0.1, 0.15) is 18.2 Å². The van der Waals surface area contributed by atoms with Crippen LogP contribution in [0.5, 0.6) is 0 Å². The predicted octanol–water partition coefficient (Wildman–Crippen LogP) is 2.41. The predicted molar refractivity (Wildman–Crippen MR) is 72.4 cm³/mol. The van der Waals surface area contributed by atoms with E-state index >= 15 is 0 Å². The van der Waals surface area contributed by atoms with E-state index in [4.69, 9.17) is 16.3 Å². The number of aromatic nitrogens is 2. The molecule has 1 unspecified atom stereocenters. The van der Waals surface area contributed by atoms with Crippen LogP contribution < -0.4 is 5.32 Å². The summed E-state index contributed by atoms with van der Waals surface area (Å²) in [7, 11) is 3.28. The largest absolute Gasteiger partial charge is 0.411 e. The third-order valence-electron chi connectivity index (χ3n) is 2.84. The van der Waals surface area contributed by atoms with Crippen molar-refractivity contribution in [1.29, 1.82) is 0 Å². The van der Waals surface area contributed by atoms with E-state index in [0.717, 1.165) is 0 Å². The van der Waals surface area contributed by atoms with Gasteiger partial charge in [0.1, 0.15) is 6.61 Å². The van der Waals surface area contributed by atoms with Gasteiger partial charge in [-0.05, 0) is 13.5 Å². The molecule has 5 nitrogen and oxygen atoms in total. The number of nitrogens with one attached hydrogen (secondary N) is 1. The summed E-state index contributed by atoms with van der Waals surface area (Å²) in [5.74, 6) is 0. The van der Waals surface area contributed by atoms with E-state index in [2.05, 4.69) is 15.2 Å². The zero-order chi connectivity index (χ0) is 15.9. The van der Waals surface area contributed by atoms with Gasteiger partial charge in [-0.1, -0.05) is 11.6 Å².